The van der Waals surface area contributed by atoms with Crippen molar-refractivity contribution in [3.05, 3.63) is 53.0 Å². The number of benzene rings is 2. The van der Waals surface area contributed by atoms with Crippen LogP contribution in [0.5, 0.6) is 5.75 Å². The first-order valence-electron chi connectivity index (χ1n) is 8.41. The lowest BCUT2D eigenvalue weighted by Crippen LogP contribution is -2.39. The average Bonchev–Trinajstić information content (AvgIpc) is 2.96. The van der Waals surface area contributed by atoms with E-state index < -0.39 is 0 Å². The quantitative estimate of drug-likeness (QED) is 0.777. The van der Waals surface area contributed by atoms with Gasteiger partial charge in [-0.15, -0.1) is 0 Å². The van der Waals surface area contributed by atoms with Gasteiger partial charge in [0, 0.05) is 28.8 Å². The minimum absolute atomic E-state index is 0.0121. The van der Waals surface area contributed by atoms with E-state index in [1.807, 2.05) is 49.4 Å². The molecule has 7 heteroatoms. The van der Waals surface area contributed by atoms with Crippen LogP contribution in [0.25, 0.3) is 0 Å². The van der Waals surface area contributed by atoms with Gasteiger partial charge in [-0.3, -0.25) is 4.79 Å². The lowest BCUT2D eigenvalue weighted by atomic mass is 10.2. The van der Waals surface area contributed by atoms with Crippen LogP contribution in [0.15, 0.2) is 53.0 Å². The van der Waals surface area contributed by atoms with Gasteiger partial charge in [-0.1, -0.05) is 22.0 Å². The molecule has 136 valence electrons. The summed E-state index contributed by atoms with van der Waals surface area (Å²) < 4.78 is 6.30. The number of halogens is 1. The first-order chi connectivity index (χ1) is 12.5. The van der Waals surface area contributed by atoms with E-state index in [1.165, 1.54) is 0 Å². The molecule has 26 heavy (non-hydrogen) atoms. The molecule has 1 heterocycles. The maximum absolute atomic E-state index is 12.3. The number of ether oxygens (including phenoxy) is 1. The molecule has 6 nitrogen and oxygen atoms in total. The molecule has 0 bridgehead atoms. The van der Waals surface area contributed by atoms with Crippen molar-refractivity contribution in [3.63, 3.8) is 0 Å². The van der Waals surface area contributed by atoms with Gasteiger partial charge in [0.05, 0.1) is 12.6 Å². The summed E-state index contributed by atoms with van der Waals surface area (Å²) in [5, 5.41) is 5.63. The molecule has 0 radical (unpaired) electrons. The summed E-state index contributed by atoms with van der Waals surface area (Å²) in [6.07, 6.45) is 0.277. The minimum atomic E-state index is -0.325. The number of hydrogen-bond acceptors (Lipinski definition) is 3. The highest BCUT2D eigenvalue weighted by atomic mass is 79.9. The topological polar surface area (TPSA) is 70.7 Å². The third kappa shape index (κ3) is 4.54. The normalized spacial score (nSPS) is 16.5. The second kappa shape index (κ2) is 8.23. The first-order valence-corrected chi connectivity index (χ1v) is 9.21. The predicted molar refractivity (Wildman–Crippen MR) is 105 cm³/mol. The lowest BCUT2D eigenvalue weighted by Gasteiger charge is -2.18. The monoisotopic (exact) mass is 417 g/mol. The maximum atomic E-state index is 12.3. The Morgan fingerprint density at radius 2 is 2.04 bits per heavy atom. The number of amides is 3. The highest BCUT2D eigenvalue weighted by Gasteiger charge is 2.31. The highest BCUT2D eigenvalue weighted by molar-refractivity contribution is 9.10. The van der Waals surface area contributed by atoms with E-state index in [9.17, 15) is 9.59 Å². The van der Waals surface area contributed by atoms with E-state index >= 15 is 0 Å². The third-order valence-corrected chi connectivity index (χ3v) is 4.50. The Bertz CT molecular complexity index is 795. The summed E-state index contributed by atoms with van der Waals surface area (Å²) >= 11 is 3.36. The van der Waals surface area contributed by atoms with Gasteiger partial charge in [0.2, 0.25) is 5.91 Å². The smallest absolute Gasteiger partial charge is 0.319 e. The van der Waals surface area contributed by atoms with Crippen LogP contribution in [0, 0.1) is 0 Å². The minimum Gasteiger partial charge on any atom is -0.494 e. The van der Waals surface area contributed by atoms with Crippen molar-refractivity contribution in [3.8, 4) is 5.75 Å². The van der Waals surface area contributed by atoms with Crippen molar-refractivity contribution in [1.29, 1.82) is 0 Å². The Morgan fingerprint density at radius 3 is 2.73 bits per heavy atom. The summed E-state index contributed by atoms with van der Waals surface area (Å²) in [5.41, 5.74) is 1.49. The van der Waals surface area contributed by atoms with E-state index in [-0.39, 0.29) is 24.4 Å². The molecule has 3 amide bonds. The van der Waals surface area contributed by atoms with Crippen LogP contribution >= 0.6 is 15.9 Å². The van der Waals surface area contributed by atoms with Crippen LogP contribution in [0.3, 0.4) is 0 Å². The molecular formula is C19H20BrN3O3. The van der Waals surface area contributed by atoms with Gasteiger partial charge < -0.3 is 20.3 Å². The second-order valence-corrected chi connectivity index (χ2v) is 6.86. The van der Waals surface area contributed by atoms with Gasteiger partial charge in [0.1, 0.15) is 5.75 Å². The fraction of sp³-hybridized carbons (Fsp3) is 0.263. The maximum Gasteiger partial charge on any atom is 0.319 e. The van der Waals surface area contributed by atoms with Crippen molar-refractivity contribution in [1.82, 2.24) is 5.32 Å². The van der Waals surface area contributed by atoms with Crippen molar-refractivity contribution >= 4 is 39.2 Å². The van der Waals surface area contributed by atoms with Crippen LogP contribution in [0.1, 0.15) is 13.3 Å². The van der Waals surface area contributed by atoms with Crippen molar-refractivity contribution in [2.24, 2.45) is 0 Å². The number of nitrogens with one attached hydrogen (secondary N) is 2. The molecule has 0 saturated carbocycles. The summed E-state index contributed by atoms with van der Waals surface area (Å²) in [5.74, 6) is 0.757. The van der Waals surface area contributed by atoms with E-state index in [4.69, 9.17) is 4.74 Å². The summed E-state index contributed by atoms with van der Waals surface area (Å²) in [4.78, 5) is 26.1. The molecule has 1 atom stereocenters. The highest BCUT2D eigenvalue weighted by Crippen LogP contribution is 2.24. The first kappa shape index (κ1) is 18.3. The number of hydrogen-bond donors (Lipinski definition) is 2. The number of nitrogens with zero attached hydrogens (tertiary/aromatic N) is 1. The van der Waals surface area contributed by atoms with E-state index in [0.717, 1.165) is 15.9 Å². The van der Waals surface area contributed by atoms with Gasteiger partial charge in [0.15, 0.2) is 0 Å². The summed E-state index contributed by atoms with van der Waals surface area (Å²) in [7, 11) is 0. The van der Waals surface area contributed by atoms with Crippen molar-refractivity contribution in [2.45, 2.75) is 19.4 Å². The molecule has 1 aliphatic rings. The van der Waals surface area contributed by atoms with E-state index in [1.54, 1.807) is 11.0 Å². The van der Waals surface area contributed by atoms with Gasteiger partial charge in [-0.05, 0) is 49.4 Å². The zero-order chi connectivity index (χ0) is 18.5. The Labute approximate surface area is 160 Å². The molecule has 3 rings (SSSR count). The molecule has 2 aromatic rings. The molecule has 0 aliphatic carbocycles. The molecule has 2 N–H and O–H groups in total. The van der Waals surface area contributed by atoms with Crippen molar-refractivity contribution in [2.75, 3.05) is 23.4 Å². The Kier molecular flexibility index (Phi) is 5.78. The van der Waals surface area contributed by atoms with E-state index in [0.29, 0.717) is 18.8 Å². The van der Waals surface area contributed by atoms with Crippen LogP contribution in [0.2, 0.25) is 0 Å². The van der Waals surface area contributed by atoms with Crippen LogP contribution in [0.4, 0.5) is 16.2 Å². The Morgan fingerprint density at radius 1 is 1.27 bits per heavy atom. The number of rotatable bonds is 5. The summed E-state index contributed by atoms with van der Waals surface area (Å²) in [6.45, 7) is 2.97. The van der Waals surface area contributed by atoms with Crippen LogP contribution in [-0.2, 0) is 4.79 Å². The zero-order valence-corrected chi connectivity index (χ0v) is 16.0. The SMILES string of the molecule is CCOc1ccc(N2C[C@@H](NC(=O)Nc3cccc(Br)c3)CC2=O)cc1. The van der Waals surface area contributed by atoms with Crippen LogP contribution in [-0.4, -0.2) is 31.1 Å². The standard InChI is InChI=1S/C19H20BrN3O3/c1-2-26-17-8-6-16(7-9-17)23-12-15(11-18(23)24)22-19(25)21-14-5-3-4-13(20)10-14/h3-10,15H,2,11-12H2,1H3,(H2,21,22,25)/t15-/m0/s1. The zero-order valence-electron chi connectivity index (χ0n) is 14.4. The fourth-order valence-electron chi connectivity index (χ4n) is 2.86. The third-order valence-electron chi connectivity index (χ3n) is 4.00. The number of urea groups is 1. The molecule has 1 aliphatic heterocycles. The van der Waals surface area contributed by atoms with Gasteiger partial charge >= 0.3 is 6.03 Å². The van der Waals surface area contributed by atoms with Gasteiger partial charge in [0.25, 0.3) is 0 Å². The molecule has 0 aromatic heterocycles. The molecule has 2 aromatic carbocycles. The number of anilines is 2. The van der Waals surface area contributed by atoms with Crippen LogP contribution < -0.4 is 20.3 Å². The lowest BCUT2D eigenvalue weighted by molar-refractivity contribution is -0.117. The molecule has 1 fully saturated rings. The molecule has 0 unspecified atom stereocenters. The second-order valence-electron chi connectivity index (χ2n) is 5.94. The van der Waals surface area contributed by atoms with Gasteiger partial charge in [-0.2, -0.15) is 0 Å². The fourth-order valence-corrected chi connectivity index (χ4v) is 3.26. The predicted octanol–water partition coefficient (Wildman–Crippen LogP) is 3.77. The molecule has 0 spiro atoms. The Hall–Kier alpha value is -2.54. The largest absolute Gasteiger partial charge is 0.494 e. The number of carbonyl (C=O) groups is 2. The Balaban J connectivity index is 1.58. The molecule has 1 saturated heterocycles. The number of carbonyl (C=O) groups excluding carboxylic acids is 2. The van der Waals surface area contributed by atoms with Crippen molar-refractivity contribution < 1.29 is 14.3 Å². The van der Waals surface area contributed by atoms with E-state index in [2.05, 4.69) is 26.6 Å². The van der Waals surface area contributed by atoms with Gasteiger partial charge in [-0.25, -0.2) is 4.79 Å². The summed E-state index contributed by atoms with van der Waals surface area (Å²) in [6, 6.07) is 14.2. The average molecular weight is 418 g/mol. The molecular weight excluding hydrogens is 398 g/mol.